The molecule has 2 heterocycles. The van der Waals surface area contributed by atoms with Crippen LogP contribution in [0.2, 0.25) is 0 Å². The smallest absolute Gasteiger partial charge is 0.253 e. The maximum Gasteiger partial charge on any atom is 0.253 e. The molecule has 1 fully saturated rings. The Balaban J connectivity index is 1.07. The van der Waals surface area contributed by atoms with Crippen LogP contribution in [0.5, 0.6) is 0 Å². The van der Waals surface area contributed by atoms with Crippen molar-refractivity contribution in [2.45, 2.75) is 60.3 Å². The molecule has 1 aromatic heterocycles. The lowest BCUT2D eigenvalue weighted by molar-refractivity contribution is -0.121. The standard InChI is InChI=1S/C38H54FN7O2/c1-26-10-8-11-34(28(26)3)41-15-7-6-12-36(47)42-17-19-46-22-20-45(21-23-46)18-9-16-43-38(48)37-29(4)35(44-30(37)5)24-27(2)32-25-31(39)13-14-33(32)40/h8,10-11,13-14,24-25,41,44H,6-7,9,12,15-23,40H2,1-5H3,(H,42,47)(H,43,48)/b27-24+. The van der Waals surface area contributed by atoms with Gasteiger partial charge in [-0.3, -0.25) is 14.5 Å². The van der Waals surface area contributed by atoms with E-state index < -0.39 is 0 Å². The van der Waals surface area contributed by atoms with Gasteiger partial charge in [-0.15, -0.1) is 0 Å². The van der Waals surface area contributed by atoms with Gasteiger partial charge in [0.25, 0.3) is 5.91 Å². The highest BCUT2D eigenvalue weighted by molar-refractivity contribution is 5.98. The van der Waals surface area contributed by atoms with Gasteiger partial charge in [0.1, 0.15) is 5.82 Å². The first kappa shape index (κ1) is 36.7. The van der Waals surface area contributed by atoms with Crippen LogP contribution in [0.25, 0.3) is 11.6 Å². The van der Waals surface area contributed by atoms with E-state index in [2.05, 4.69) is 62.8 Å². The molecule has 2 aromatic carbocycles. The van der Waals surface area contributed by atoms with Gasteiger partial charge in [-0.25, -0.2) is 4.39 Å². The Hall–Kier alpha value is -4.15. The number of aromatic nitrogens is 1. The summed E-state index contributed by atoms with van der Waals surface area (Å²) in [6.45, 7) is 17.8. The zero-order valence-electron chi connectivity index (χ0n) is 29.4. The minimum absolute atomic E-state index is 0.0929. The van der Waals surface area contributed by atoms with Crippen LogP contribution < -0.4 is 21.7 Å². The predicted molar refractivity (Wildman–Crippen MR) is 196 cm³/mol. The summed E-state index contributed by atoms with van der Waals surface area (Å²) in [4.78, 5) is 33.5. The molecule has 0 bridgehead atoms. The van der Waals surface area contributed by atoms with E-state index in [0.717, 1.165) is 87.6 Å². The Morgan fingerprint density at radius 2 is 1.62 bits per heavy atom. The van der Waals surface area contributed by atoms with E-state index in [-0.39, 0.29) is 17.6 Å². The molecule has 2 amide bonds. The number of aryl methyl sites for hydroxylation is 2. The average molecular weight is 660 g/mol. The van der Waals surface area contributed by atoms with Crippen LogP contribution in [-0.2, 0) is 4.79 Å². The number of piperazine rings is 1. The van der Waals surface area contributed by atoms with E-state index in [4.69, 9.17) is 5.73 Å². The summed E-state index contributed by atoms with van der Waals surface area (Å²) in [6, 6.07) is 10.6. The summed E-state index contributed by atoms with van der Waals surface area (Å²) in [5.41, 5.74) is 14.9. The van der Waals surface area contributed by atoms with E-state index in [1.165, 1.54) is 28.9 Å². The Morgan fingerprint density at radius 1 is 0.896 bits per heavy atom. The number of amides is 2. The number of allylic oxidation sites excluding steroid dienone is 1. The van der Waals surface area contributed by atoms with Crippen LogP contribution in [0.1, 0.15) is 76.6 Å². The first-order valence-electron chi connectivity index (χ1n) is 17.3. The van der Waals surface area contributed by atoms with Crippen molar-refractivity contribution in [3.8, 4) is 0 Å². The second-order valence-electron chi connectivity index (χ2n) is 13.0. The highest BCUT2D eigenvalue weighted by atomic mass is 19.1. The van der Waals surface area contributed by atoms with Gasteiger partial charge in [0.2, 0.25) is 5.91 Å². The number of nitrogens with one attached hydrogen (secondary N) is 4. The molecule has 0 spiro atoms. The number of nitrogens with zero attached hydrogens (tertiary/aromatic N) is 2. The molecule has 0 atom stereocenters. The average Bonchev–Trinajstić information content (AvgIpc) is 3.34. The number of benzene rings is 2. The van der Waals surface area contributed by atoms with E-state index in [1.807, 2.05) is 26.8 Å². The molecule has 1 saturated heterocycles. The summed E-state index contributed by atoms with van der Waals surface area (Å²) >= 11 is 0. The number of halogens is 1. The normalized spacial score (nSPS) is 14.2. The Bertz CT molecular complexity index is 1570. The summed E-state index contributed by atoms with van der Waals surface area (Å²) in [7, 11) is 0. The maximum absolute atomic E-state index is 13.8. The van der Waals surface area contributed by atoms with E-state index in [1.54, 1.807) is 6.07 Å². The molecule has 48 heavy (non-hydrogen) atoms. The van der Waals surface area contributed by atoms with Crippen LogP contribution in [-0.4, -0.2) is 85.5 Å². The van der Waals surface area contributed by atoms with Gasteiger partial charge in [0.15, 0.2) is 0 Å². The SMILES string of the molecule is C/C(=C\c1[nH]c(C)c(C(=O)NCCCN2CCN(CCNC(=O)CCCCNc3cccc(C)c3C)CC2)c1C)c1cc(F)ccc1N. The van der Waals surface area contributed by atoms with Crippen molar-refractivity contribution in [1.29, 1.82) is 0 Å². The van der Waals surface area contributed by atoms with E-state index in [0.29, 0.717) is 36.3 Å². The largest absolute Gasteiger partial charge is 0.398 e. The van der Waals surface area contributed by atoms with Gasteiger partial charge in [-0.05, 0) is 113 Å². The number of anilines is 2. The number of hydrogen-bond donors (Lipinski definition) is 5. The molecule has 3 aromatic rings. The van der Waals surface area contributed by atoms with Crippen molar-refractivity contribution in [3.63, 3.8) is 0 Å². The van der Waals surface area contributed by atoms with Crippen LogP contribution in [0, 0.1) is 33.5 Å². The fourth-order valence-electron chi connectivity index (χ4n) is 6.27. The number of unbranched alkanes of at least 4 members (excludes halogenated alkanes) is 1. The van der Waals surface area contributed by atoms with Crippen LogP contribution in [0.3, 0.4) is 0 Å². The van der Waals surface area contributed by atoms with Crippen LogP contribution in [0.4, 0.5) is 15.8 Å². The van der Waals surface area contributed by atoms with Gasteiger partial charge >= 0.3 is 0 Å². The Morgan fingerprint density at radius 3 is 2.38 bits per heavy atom. The van der Waals surface area contributed by atoms with Crippen molar-refractivity contribution in [1.82, 2.24) is 25.4 Å². The number of carbonyl (C=O) groups excluding carboxylic acids is 2. The minimum Gasteiger partial charge on any atom is -0.398 e. The number of H-pyrrole nitrogens is 1. The van der Waals surface area contributed by atoms with Gasteiger partial charge in [-0.1, -0.05) is 12.1 Å². The number of hydrogen-bond acceptors (Lipinski definition) is 6. The number of aromatic amines is 1. The molecule has 1 aliphatic rings. The molecule has 0 unspecified atom stereocenters. The molecule has 10 heteroatoms. The molecular weight excluding hydrogens is 605 g/mol. The topological polar surface area (TPSA) is 119 Å². The second kappa shape index (κ2) is 17.8. The first-order chi connectivity index (χ1) is 23.0. The molecule has 0 radical (unpaired) electrons. The second-order valence-corrected chi connectivity index (χ2v) is 13.0. The fraction of sp³-hybridized carbons (Fsp3) is 0.474. The highest BCUT2D eigenvalue weighted by Crippen LogP contribution is 2.27. The molecule has 9 nitrogen and oxygen atoms in total. The van der Waals surface area contributed by atoms with Crippen molar-refractivity contribution >= 4 is 34.8 Å². The summed E-state index contributed by atoms with van der Waals surface area (Å²) < 4.78 is 13.8. The quantitative estimate of drug-likeness (QED) is 0.100. The third-order valence-corrected chi connectivity index (χ3v) is 9.41. The van der Waals surface area contributed by atoms with Gasteiger partial charge in [0.05, 0.1) is 5.56 Å². The lowest BCUT2D eigenvalue weighted by Gasteiger charge is -2.34. The summed E-state index contributed by atoms with van der Waals surface area (Å²) in [5.74, 6) is -0.303. The lowest BCUT2D eigenvalue weighted by Crippen LogP contribution is -2.48. The third-order valence-electron chi connectivity index (χ3n) is 9.41. The highest BCUT2D eigenvalue weighted by Gasteiger charge is 2.19. The number of carbonyl (C=O) groups is 2. The van der Waals surface area contributed by atoms with Crippen molar-refractivity contribution in [3.05, 3.63) is 81.4 Å². The molecule has 6 N–H and O–H groups in total. The maximum atomic E-state index is 13.8. The van der Waals surface area contributed by atoms with Crippen molar-refractivity contribution in [2.75, 3.05) is 70.0 Å². The molecule has 4 rings (SSSR count). The number of rotatable bonds is 16. The summed E-state index contributed by atoms with van der Waals surface area (Å²) in [6.07, 6.45) is 5.18. The predicted octanol–water partition coefficient (Wildman–Crippen LogP) is 5.67. The van der Waals surface area contributed by atoms with Crippen molar-refractivity contribution < 1.29 is 14.0 Å². The molecular formula is C38H54FN7O2. The molecule has 1 aliphatic heterocycles. The minimum atomic E-state index is -0.339. The number of nitrogens with two attached hydrogens (primary N) is 1. The Kier molecular flexibility index (Phi) is 13.6. The van der Waals surface area contributed by atoms with Crippen LogP contribution in [0.15, 0.2) is 36.4 Å². The monoisotopic (exact) mass is 659 g/mol. The van der Waals surface area contributed by atoms with Crippen molar-refractivity contribution in [2.24, 2.45) is 0 Å². The van der Waals surface area contributed by atoms with E-state index in [9.17, 15) is 14.0 Å². The van der Waals surface area contributed by atoms with Gasteiger partial charge in [-0.2, -0.15) is 0 Å². The van der Waals surface area contributed by atoms with E-state index >= 15 is 0 Å². The van der Waals surface area contributed by atoms with Crippen LogP contribution >= 0.6 is 0 Å². The van der Waals surface area contributed by atoms with Gasteiger partial charge in [0, 0.05) is 87.1 Å². The van der Waals surface area contributed by atoms with Gasteiger partial charge < -0.3 is 31.6 Å². The number of nitrogen functional groups attached to an aromatic ring is 1. The Labute approximate surface area is 285 Å². The fourth-order valence-corrected chi connectivity index (χ4v) is 6.27. The zero-order chi connectivity index (χ0) is 34.6. The third kappa shape index (κ3) is 10.4. The molecule has 0 saturated carbocycles. The summed E-state index contributed by atoms with van der Waals surface area (Å²) in [5, 5.41) is 9.66. The first-order valence-corrected chi connectivity index (χ1v) is 17.3. The molecule has 0 aliphatic carbocycles. The zero-order valence-corrected chi connectivity index (χ0v) is 29.4. The molecule has 260 valence electrons. The lowest BCUT2D eigenvalue weighted by atomic mass is 10.0.